The van der Waals surface area contributed by atoms with E-state index in [1.807, 2.05) is 18.1 Å². The molecule has 4 heterocycles. The number of fused-ring (bicyclic) bond motifs is 1. The summed E-state index contributed by atoms with van der Waals surface area (Å²) in [6.07, 6.45) is 8.15. The number of nitrogens with zero attached hydrogens (tertiary/aromatic N) is 6. The fourth-order valence-electron chi connectivity index (χ4n) is 4.37. The van der Waals surface area contributed by atoms with Gasteiger partial charge in [-0.15, -0.1) is 0 Å². The first kappa shape index (κ1) is 19.1. The molecule has 1 saturated carbocycles. The van der Waals surface area contributed by atoms with Crippen LogP contribution in [-0.4, -0.2) is 41.7 Å². The number of hydrogen-bond acceptors (Lipinski definition) is 4. The molecule has 2 fully saturated rings. The van der Waals surface area contributed by atoms with Crippen LogP contribution in [0.4, 0.5) is 8.78 Å². The number of likely N-dealkylation sites (tertiary alicyclic amines) is 1. The Morgan fingerprint density at radius 3 is 2.67 bits per heavy atom. The van der Waals surface area contributed by atoms with E-state index in [0.29, 0.717) is 12.2 Å². The summed E-state index contributed by atoms with van der Waals surface area (Å²) in [7, 11) is 1.85. The molecule has 0 spiro atoms. The molecule has 2 aliphatic rings. The van der Waals surface area contributed by atoms with Crippen molar-refractivity contribution in [3.63, 3.8) is 0 Å². The zero-order valence-corrected chi connectivity index (χ0v) is 16.8. The highest BCUT2D eigenvalue weighted by Crippen LogP contribution is 2.40. The molecule has 1 aliphatic heterocycles. The second kappa shape index (κ2) is 7.45. The van der Waals surface area contributed by atoms with Crippen molar-refractivity contribution < 1.29 is 13.6 Å². The Morgan fingerprint density at radius 1 is 1.13 bits per heavy atom. The average molecular weight is 414 g/mol. The molecule has 1 aliphatic carbocycles. The zero-order valence-electron chi connectivity index (χ0n) is 16.8. The van der Waals surface area contributed by atoms with Gasteiger partial charge in [0, 0.05) is 37.0 Å². The number of amides is 1. The lowest BCUT2D eigenvalue weighted by molar-refractivity contribution is 0.0682. The van der Waals surface area contributed by atoms with Gasteiger partial charge in [0.1, 0.15) is 11.3 Å². The molecule has 1 saturated heterocycles. The molecule has 158 valence electrons. The van der Waals surface area contributed by atoms with Crippen LogP contribution in [0.5, 0.6) is 0 Å². The summed E-state index contributed by atoms with van der Waals surface area (Å²) in [5, 5.41) is 8.38. The molecule has 3 aromatic rings. The second-order valence-corrected chi connectivity index (χ2v) is 8.29. The highest BCUT2D eigenvalue weighted by molar-refractivity contribution is 6.00. The summed E-state index contributed by atoms with van der Waals surface area (Å²) in [6.45, 7) is 0.611. The Morgan fingerprint density at radius 2 is 1.97 bits per heavy atom. The van der Waals surface area contributed by atoms with Gasteiger partial charge in [-0.2, -0.15) is 10.2 Å². The molecular formula is C21H24F2N6O. The van der Waals surface area contributed by atoms with E-state index in [1.165, 1.54) is 12.3 Å². The van der Waals surface area contributed by atoms with Crippen LogP contribution in [0.3, 0.4) is 0 Å². The number of aromatic nitrogens is 5. The van der Waals surface area contributed by atoms with Crippen molar-refractivity contribution in [1.82, 2.24) is 29.3 Å². The van der Waals surface area contributed by atoms with E-state index in [-0.39, 0.29) is 34.8 Å². The minimum absolute atomic E-state index is 0.0927. The van der Waals surface area contributed by atoms with Gasteiger partial charge in [0.15, 0.2) is 5.65 Å². The summed E-state index contributed by atoms with van der Waals surface area (Å²) in [6, 6.07) is 1.34. The molecular weight excluding hydrogens is 390 g/mol. The molecule has 9 heteroatoms. The number of alkyl halides is 2. The summed E-state index contributed by atoms with van der Waals surface area (Å²) in [5.41, 5.74) is 1.93. The highest BCUT2D eigenvalue weighted by atomic mass is 19.3. The molecule has 5 rings (SSSR count). The van der Waals surface area contributed by atoms with Crippen molar-refractivity contribution in [2.24, 2.45) is 7.05 Å². The third-order valence-electron chi connectivity index (χ3n) is 6.09. The van der Waals surface area contributed by atoms with Gasteiger partial charge in [-0.25, -0.2) is 18.3 Å². The molecule has 1 amide bonds. The third-order valence-corrected chi connectivity index (χ3v) is 6.09. The largest absolute Gasteiger partial charge is 0.331 e. The van der Waals surface area contributed by atoms with Gasteiger partial charge in [-0.1, -0.05) is 12.8 Å². The molecule has 0 bridgehead atoms. The number of rotatable bonds is 4. The second-order valence-electron chi connectivity index (χ2n) is 8.29. The molecule has 30 heavy (non-hydrogen) atoms. The van der Waals surface area contributed by atoms with Crippen LogP contribution in [0.2, 0.25) is 0 Å². The molecule has 7 nitrogen and oxygen atoms in total. The van der Waals surface area contributed by atoms with E-state index in [2.05, 4.69) is 15.2 Å². The Hall–Kier alpha value is -2.84. The maximum atomic E-state index is 13.7. The Labute approximate surface area is 172 Å². The maximum Gasteiger partial charge on any atom is 0.280 e. The summed E-state index contributed by atoms with van der Waals surface area (Å²) >= 11 is 0. The smallest absolute Gasteiger partial charge is 0.280 e. The fraction of sp³-hybridized carbons (Fsp3) is 0.524. The van der Waals surface area contributed by atoms with Crippen LogP contribution in [0.15, 0.2) is 24.7 Å². The predicted octanol–water partition coefficient (Wildman–Crippen LogP) is 4.04. The standard InChI is InChI=1S/C21H24F2N6O/c1-27-12-14(10-24-27)17-5-3-2-4-8-28(17)21(30)15-11-25-29-18(19(22)23)9-16(13-6-7-13)26-20(15)29/h9-13,17,19H,2-8H2,1H3/t17-/m0/s1. The van der Waals surface area contributed by atoms with Gasteiger partial charge >= 0.3 is 0 Å². The van der Waals surface area contributed by atoms with Crippen LogP contribution in [0.25, 0.3) is 5.65 Å². The SMILES string of the molecule is Cn1cc([C@@H]2CCCCCN2C(=O)c2cnn3c(C(F)F)cc(C4CC4)nc23)cn1. The maximum absolute atomic E-state index is 13.7. The minimum atomic E-state index is -2.68. The first-order chi connectivity index (χ1) is 14.5. The summed E-state index contributed by atoms with van der Waals surface area (Å²) in [4.78, 5) is 20.0. The van der Waals surface area contributed by atoms with E-state index in [9.17, 15) is 13.6 Å². The van der Waals surface area contributed by atoms with Gasteiger partial charge in [0.25, 0.3) is 12.3 Å². The number of aryl methyl sites for hydroxylation is 1. The average Bonchev–Trinajstić information content (AvgIpc) is 3.43. The highest BCUT2D eigenvalue weighted by Gasteiger charge is 2.33. The van der Waals surface area contributed by atoms with E-state index >= 15 is 0 Å². The van der Waals surface area contributed by atoms with Crippen LogP contribution < -0.4 is 0 Å². The van der Waals surface area contributed by atoms with Crippen molar-refractivity contribution in [1.29, 1.82) is 0 Å². The molecule has 0 unspecified atom stereocenters. The molecule has 0 N–H and O–H groups in total. The van der Waals surface area contributed by atoms with Crippen molar-refractivity contribution in [2.45, 2.75) is 56.9 Å². The van der Waals surface area contributed by atoms with Gasteiger partial charge in [-0.05, 0) is 31.7 Å². The molecule has 1 atom stereocenters. The van der Waals surface area contributed by atoms with E-state index < -0.39 is 6.43 Å². The lowest BCUT2D eigenvalue weighted by atomic mass is 10.0. The third kappa shape index (κ3) is 3.36. The van der Waals surface area contributed by atoms with Gasteiger partial charge < -0.3 is 4.90 Å². The first-order valence-corrected chi connectivity index (χ1v) is 10.5. The molecule has 3 aromatic heterocycles. The quantitative estimate of drug-likeness (QED) is 0.646. The number of carbonyl (C=O) groups excluding carboxylic acids is 1. The Bertz CT molecular complexity index is 1090. The Balaban J connectivity index is 1.57. The van der Waals surface area contributed by atoms with E-state index in [4.69, 9.17) is 0 Å². The lowest BCUT2D eigenvalue weighted by Gasteiger charge is -2.29. The van der Waals surface area contributed by atoms with Gasteiger partial charge in [-0.3, -0.25) is 9.48 Å². The summed E-state index contributed by atoms with van der Waals surface area (Å²) < 4.78 is 30.2. The number of carbonyl (C=O) groups is 1. The molecule has 0 radical (unpaired) electrons. The number of halogens is 2. The topological polar surface area (TPSA) is 68.3 Å². The van der Waals surface area contributed by atoms with E-state index in [0.717, 1.165) is 48.6 Å². The molecule has 0 aromatic carbocycles. The number of hydrogen-bond donors (Lipinski definition) is 0. The first-order valence-electron chi connectivity index (χ1n) is 10.5. The van der Waals surface area contributed by atoms with Crippen LogP contribution in [0.1, 0.15) is 84.2 Å². The van der Waals surface area contributed by atoms with Crippen LogP contribution in [0, 0.1) is 0 Å². The lowest BCUT2D eigenvalue weighted by Crippen LogP contribution is -2.34. The summed E-state index contributed by atoms with van der Waals surface area (Å²) in [5.74, 6) is -0.00639. The minimum Gasteiger partial charge on any atom is -0.331 e. The fourth-order valence-corrected chi connectivity index (χ4v) is 4.37. The van der Waals surface area contributed by atoms with Crippen LogP contribution >= 0.6 is 0 Å². The van der Waals surface area contributed by atoms with E-state index in [1.54, 1.807) is 10.9 Å². The van der Waals surface area contributed by atoms with Crippen LogP contribution in [-0.2, 0) is 7.05 Å². The van der Waals surface area contributed by atoms with Crippen molar-refractivity contribution in [3.05, 3.63) is 47.2 Å². The van der Waals surface area contributed by atoms with Gasteiger partial charge in [0.05, 0.1) is 18.4 Å². The van der Waals surface area contributed by atoms with Crippen molar-refractivity contribution >= 4 is 11.6 Å². The van der Waals surface area contributed by atoms with Gasteiger partial charge in [0.2, 0.25) is 0 Å². The van der Waals surface area contributed by atoms with Crippen molar-refractivity contribution in [3.8, 4) is 0 Å². The monoisotopic (exact) mass is 414 g/mol. The van der Waals surface area contributed by atoms with Crippen molar-refractivity contribution in [2.75, 3.05) is 6.54 Å². The normalized spacial score (nSPS) is 20.1. The predicted molar refractivity (Wildman–Crippen MR) is 105 cm³/mol. The Kier molecular flexibility index (Phi) is 4.75. The zero-order chi connectivity index (χ0) is 20.8.